The molecule has 3 rings (SSSR count). The summed E-state index contributed by atoms with van der Waals surface area (Å²) in [4.78, 5) is 36.6. The molecule has 0 aliphatic rings. The van der Waals surface area contributed by atoms with E-state index >= 15 is 0 Å². The molecule has 1 amide bonds. The van der Waals surface area contributed by atoms with Crippen molar-refractivity contribution in [2.45, 2.75) is 45.4 Å². The molecule has 0 saturated carbocycles. The number of carboxylic acids is 1. The van der Waals surface area contributed by atoms with Crippen LogP contribution in [0.25, 0.3) is 10.9 Å². The maximum atomic E-state index is 12.6. The number of nitrogens with zero attached hydrogens (tertiary/aromatic N) is 1. The molecule has 2 N–H and O–H groups in total. The van der Waals surface area contributed by atoms with Gasteiger partial charge in [-0.05, 0) is 38.0 Å². The van der Waals surface area contributed by atoms with Gasteiger partial charge in [0.15, 0.2) is 0 Å². The fourth-order valence-corrected chi connectivity index (χ4v) is 3.20. The van der Waals surface area contributed by atoms with Crippen molar-refractivity contribution < 1.29 is 29.0 Å². The first-order valence-corrected chi connectivity index (χ1v) is 10.2. The topological polar surface area (TPSA) is 107 Å². The molecule has 168 valence electrons. The number of aliphatic carboxylic acids is 1. The number of nitrogens with one attached hydrogen (secondary N) is 1. The zero-order valence-electron chi connectivity index (χ0n) is 18.2. The van der Waals surface area contributed by atoms with Gasteiger partial charge in [0.05, 0.1) is 5.52 Å². The Hall–Kier alpha value is -3.81. The Kier molecular flexibility index (Phi) is 6.82. The van der Waals surface area contributed by atoms with Crippen molar-refractivity contribution in [2.75, 3.05) is 0 Å². The average molecular weight is 438 g/mol. The molecule has 8 nitrogen and oxygen atoms in total. The van der Waals surface area contributed by atoms with E-state index in [2.05, 4.69) is 5.32 Å². The number of aromatic nitrogens is 1. The van der Waals surface area contributed by atoms with Crippen molar-refractivity contribution >= 4 is 29.1 Å². The molecular weight excluding hydrogens is 412 g/mol. The van der Waals surface area contributed by atoms with Gasteiger partial charge in [0, 0.05) is 18.0 Å². The number of hydrogen-bond acceptors (Lipinski definition) is 5. The maximum Gasteiger partial charge on any atom is 0.419 e. The van der Waals surface area contributed by atoms with Crippen molar-refractivity contribution in [2.24, 2.45) is 0 Å². The van der Waals surface area contributed by atoms with Gasteiger partial charge in [0.25, 0.3) is 0 Å². The van der Waals surface area contributed by atoms with Crippen LogP contribution in [0.15, 0.2) is 60.8 Å². The number of rotatable bonds is 6. The molecule has 8 heteroatoms. The minimum Gasteiger partial charge on any atom is -0.480 e. The van der Waals surface area contributed by atoms with Gasteiger partial charge >= 0.3 is 18.2 Å². The normalized spacial score (nSPS) is 12.2. The predicted octanol–water partition coefficient (Wildman–Crippen LogP) is 4.35. The number of benzene rings is 2. The number of para-hydroxylation sites is 1. The van der Waals surface area contributed by atoms with Crippen molar-refractivity contribution in [3.8, 4) is 0 Å². The van der Waals surface area contributed by atoms with Gasteiger partial charge < -0.3 is 19.9 Å². The van der Waals surface area contributed by atoms with E-state index in [1.807, 2.05) is 18.2 Å². The number of carboxylic acid groups (broad SMARTS) is 1. The molecular formula is C24H26N2O6. The Morgan fingerprint density at radius 2 is 1.69 bits per heavy atom. The first kappa shape index (κ1) is 22.9. The summed E-state index contributed by atoms with van der Waals surface area (Å²) in [5, 5.41) is 12.7. The number of carbonyl (C=O) groups is 3. The third kappa shape index (κ3) is 5.87. The molecule has 0 aliphatic carbocycles. The zero-order valence-corrected chi connectivity index (χ0v) is 18.2. The SMILES string of the molecule is CC(C)(C)OC(=O)n1cc(C[C@H](NC(=O)OCc2ccccc2)C(=O)O)c2ccccc21. The molecule has 0 spiro atoms. The van der Waals surface area contributed by atoms with Crippen LogP contribution in [0.2, 0.25) is 0 Å². The van der Waals surface area contributed by atoms with Crippen molar-refractivity contribution in [1.29, 1.82) is 0 Å². The van der Waals surface area contributed by atoms with Crippen LogP contribution in [-0.2, 0) is 27.3 Å². The molecule has 2 aromatic carbocycles. The largest absolute Gasteiger partial charge is 0.480 e. The highest BCUT2D eigenvalue weighted by molar-refractivity contribution is 5.92. The minimum absolute atomic E-state index is 0.0248. The third-order valence-electron chi connectivity index (χ3n) is 4.61. The predicted molar refractivity (Wildman–Crippen MR) is 118 cm³/mol. The van der Waals surface area contributed by atoms with E-state index in [0.717, 1.165) is 5.56 Å². The second-order valence-corrected chi connectivity index (χ2v) is 8.32. The molecule has 0 unspecified atom stereocenters. The number of alkyl carbamates (subject to hydrolysis) is 1. The van der Waals surface area contributed by atoms with Crippen molar-refractivity contribution in [3.63, 3.8) is 0 Å². The van der Waals surface area contributed by atoms with Gasteiger partial charge in [0.1, 0.15) is 18.2 Å². The Labute approximate surface area is 185 Å². The molecule has 1 atom stereocenters. The molecule has 0 fully saturated rings. The number of hydrogen-bond donors (Lipinski definition) is 2. The Balaban J connectivity index is 1.77. The Bertz CT molecular complexity index is 1110. The van der Waals surface area contributed by atoms with E-state index in [4.69, 9.17) is 9.47 Å². The van der Waals surface area contributed by atoms with Crippen LogP contribution in [-0.4, -0.2) is 39.5 Å². The lowest BCUT2D eigenvalue weighted by Gasteiger charge is -2.19. The molecule has 1 aromatic heterocycles. The molecule has 3 aromatic rings. The van der Waals surface area contributed by atoms with Gasteiger partial charge in [-0.25, -0.2) is 14.4 Å². The van der Waals surface area contributed by atoms with Crippen molar-refractivity contribution in [1.82, 2.24) is 9.88 Å². The maximum absolute atomic E-state index is 12.6. The number of carbonyl (C=O) groups excluding carboxylic acids is 2. The molecule has 32 heavy (non-hydrogen) atoms. The van der Waals surface area contributed by atoms with Crippen LogP contribution in [0.1, 0.15) is 31.9 Å². The lowest BCUT2D eigenvalue weighted by Crippen LogP contribution is -2.42. The van der Waals surface area contributed by atoms with Crippen LogP contribution in [0.3, 0.4) is 0 Å². The summed E-state index contributed by atoms with van der Waals surface area (Å²) in [6.07, 6.45) is 0.108. The number of amides is 1. The van der Waals surface area contributed by atoms with Crippen LogP contribution in [0.5, 0.6) is 0 Å². The van der Waals surface area contributed by atoms with E-state index in [1.54, 1.807) is 63.4 Å². The summed E-state index contributed by atoms with van der Waals surface area (Å²) in [5.74, 6) is -1.21. The van der Waals surface area contributed by atoms with E-state index in [-0.39, 0.29) is 13.0 Å². The summed E-state index contributed by atoms with van der Waals surface area (Å²) in [7, 11) is 0. The Morgan fingerprint density at radius 3 is 2.34 bits per heavy atom. The fraction of sp³-hybridized carbons (Fsp3) is 0.292. The second-order valence-electron chi connectivity index (χ2n) is 8.32. The number of fused-ring (bicyclic) bond motifs is 1. The van der Waals surface area contributed by atoms with Gasteiger partial charge in [0.2, 0.25) is 0 Å². The van der Waals surface area contributed by atoms with E-state index in [0.29, 0.717) is 16.5 Å². The molecule has 0 radical (unpaired) electrons. The smallest absolute Gasteiger partial charge is 0.419 e. The first-order valence-electron chi connectivity index (χ1n) is 10.2. The monoisotopic (exact) mass is 438 g/mol. The molecule has 0 aliphatic heterocycles. The summed E-state index contributed by atoms with van der Waals surface area (Å²) in [6, 6.07) is 14.9. The highest BCUT2D eigenvalue weighted by atomic mass is 16.6. The van der Waals surface area contributed by atoms with Crippen LogP contribution >= 0.6 is 0 Å². The van der Waals surface area contributed by atoms with Gasteiger partial charge in [-0.2, -0.15) is 0 Å². The highest BCUT2D eigenvalue weighted by Crippen LogP contribution is 2.24. The Morgan fingerprint density at radius 1 is 1.03 bits per heavy atom. The van der Waals surface area contributed by atoms with Crippen molar-refractivity contribution in [3.05, 3.63) is 71.9 Å². The average Bonchev–Trinajstić information content (AvgIpc) is 3.10. The molecule has 0 saturated heterocycles. The zero-order chi connectivity index (χ0) is 23.3. The lowest BCUT2D eigenvalue weighted by atomic mass is 10.1. The third-order valence-corrected chi connectivity index (χ3v) is 4.61. The summed E-state index contributed by atoms with van der Waals surface area (Å²) in [5.41, 5.74) is 1.28. The molecule has 0 bridgehead atoms. The standard InChI is InChI=1S/C24H26N2O6/c1-24(2,3)32-23(30)26-14-17(18-11-7-8-12-20(18)26)13-19(21(27)28)25-22(29)31-15-16-9-5-4-6-10-16/h4-12,14,19H,13,15H2,1-3H3,(H,25,29)(H,27,28)/t19-/m0/s1. The van der Waals surface area contributed by atoms with Gasteiger partial charge in [-0.1, -0.05) is 48.5 Å². The lowest BCUT2D eigenvalue weighted by molar-refractivity contribution is -0.139. The number of ether oxygens (including phenoxy) is 2. The van der Waals surface area contributed by atoms with Crippen LogP contribution in [0, 0.1) is 0 Å². The summed E-state index contributed by atoms with van der Waals surface area (Å²) >= 11 is 0. The van der Waals surface area contributed by atoms with E-state index in [1.165, 1.54) is 4.57 Å². The summed E-state index contributed by atoms with van der Waals surface area (Å²) < 4.78 is 11.9. The van der Waals surface area contributed by atoms with Crippen LogP contribution < -0.4 is 5.32 Å². The fourth-order valence-electron chi connectivity index (χ4n) is 3.20. The van der Waals surface area contributed by atoms with E-state index < -0.39 is 29.8 Å². The van der Waals surface area contributed by atoms with E-state index in [9.17, 15) is 19.5 Å². The molecule has 1 heterocycles. The summed E-state index contributed by atoms with van der Waals surface area (Å²) in [6.45, 7) is 5.33. The minimum atomic E-state index is -1.24. The highest BCUT2D eigenvalue weighted by Gasteiger charge is 2.25. The van der Waals surface area contributed by atoms with Crippen LogP contribution in [0.4, 0.5) is 9.59 Å². The van der Waals surface area contributed by atoms with Gasteiger partial charge in [-0.3, -0.25) is 4.57 Å². The second kappa shape index (κ2) is 9.55. The van der Waals surface area contributed by atoms with Gasteiger partial charge in [-0.15, -0.1) is 0 Å². The first-order chi connectivity index (χ1) is 15.1. The quantitative estimate of drug-likeness (QED) is 0.593.